The minimum absolute atomic E-state index is 0.0429. The Morgan fingerprint density at radius 2 is 1.81 bits per heavy atom. The fourth-order valence-electron chi connectivity index (χ4n) is 1.75. The van der Waals surface area contributed by atoms with Crippen LogP contribution in [0.3, 0.4) is 0 Å². The first-order chi connectivity index (χ1) is 10.1. The van der Waals surface area contributed by atoms with Crippen LogP contribution in [-0.2, 0) is 0 Å². The molecule has 0 aliphatic heterocycles. The monoisotopic (exact) mass is 323 g/mol. The Hall–Kier alpha value is -2.31. The van der Waals surface area contributed by atoms with Gasteiger partial charge in [-0.2, -0.15) is 4.98 Å². The van der Waals surface area contributed by atoms with Gasteiger partial charge in [-0.1, -0.05) is 34.4 Å². The lowest BCUT2D eigenvalue weighted by Gasteiger charge is -2.01. The molecule has 0 saturated heterocycles. The van der Waals surface area contributed by atoms with Gasteiger partial charge in [-0.3, -0.25) is 0 Å². The van der Waals surface area contributed by atoms with Gasteiger partial charge in [0.1, 0.15) is 22.8 Å². The van der Waals surface area contributed by atoms with Crippen LogP contribution in [0.1, 0.15) is 0 Å². The summed E-state index contributed by atoms with van der Waals surface area (Å²) in [5.74, 6) is -0.288. The predicted octanol–water partition coefficient (Wildman–Crippen LogP) is 3.52. The van der Waals surface area contributed by atoms with Crippen LogP contribution in [0, 0.1) is 0 Å². The first kappa shape index (κ1) is 13.7. The molecule has 2 heterocycles. The fraction of sp³-hybridized carbons (Fsp3) is 0. The summed E-state index contributed by atoms with van der Waals surface area (Å²) in [5, 5.41) is 23.9. The number of halogens is 2. The van der Waals surface area contributed by atoms with E-state index in [1.54, 1.807) is 0 Å². The van der Waals surface area contributed by atoms with Crippen molar-refractivity contribution in [1.82, 2.24) is 15.1 Å². The van der Waals surface area contributed by atoms with Gasteiger partial charge < -0.3 is 14.7 Å². The summed E-state index contributed by atoms with van der Waals surface area (Å²) >= 11 is 11.8. The molecular weight excluding hydrogens is 317 g/mol. The SMILES string of the molecule is Oc1cccc(O)c1-c1nc(-c2ncc(Cl)cc2Cl)no1. The molecule has 0 amide bonds. The number of rotatable bonds is 2. The molecule has 2 aromatic heterocycles. The zero-order valence-corrected chi connectivity index (χ0v) is 11.8. The van der Waals surface area contributed by atoms with Crippen molar-refractivity contribution in [3.63, 3.8) is 0 Å². The summed E-state index contributed by atoms with van der Waals surface area (Å²) in [4.78, 5) is 8.10. The predicted molar refractivity (Wildman–Crippen MR) is 76.3 cm³/mol. The van der Waals surface area contributed by atoms with E-state index in [2.05, 4.69) is 15.1 Å². The van der Waals surface area contributed by atoms with Crippen molar-refractivity contribution in [2.75, 3.05) is 0 Å². The Kier molecular flexibility index (Phi) is 3.40. The van der Waals surface area contributed by atoms with Gasteiger partial charge in [0.05, 0.1) is 10.0 Å². The van der Waals surface area contributed by atoms with Gasteiger partial charge in [-0.15, -0.1) is 0 Å². The molecule has 6 nitrogen and oxygen atoms in total. The lowest BCUT2D eigenvalue weighted by molar-refractivity contribution is 0.416. The van der Waals surface area contributed by atoms with E-state index in [4.69, 9.17) is 27.7 Å². The van der Waals surface area contributed by atoms with Crippen molar-refractivity contribution < 1.29 is 14.7 Å². The van der Waals surface area contributed by atoms with Gasteiger partial charge in [0.2, 0.25) is 5.82 Å². The summed E-state index contributed by atoms with van der Waals surface area (Å²) in [6.07, 6.45) is 1.40. The number of phenols is 2. The number of benzene rings is 1. The molecular formula is C13H7Cl2N3O3. The summed E-state index contributed by atoms with van der Waals surface area (Å²) in [7, 11) is 0. The van der Waals surface area contributed by atoms with E-state index in [9.17, 15) is 10.2 Å². The van der Waals surface area contributed by atoms with Crippen molar-refractivity contribution in [2.45, 2.75) is 0 Å². The third-order valence-electron chi connectivity index (χ3n) is 2.68. The smallest absolute Gasteiger partial charge is 0.265 e. The molecule has 0 saturated carbocycles. The Morgan fingerprint density at radius 1 is 1.10 bits per heavy atom. The molecule has 1 aromatic carbocycles. The lowest BCUT2D eigenvalue weighted by Crippen LogP contribution is -1.87. The summed E-state index contributed by atoms with van der Waals surface area (Å²) in [5.41, 5.74) is 0.326. The maximum Gasteiger partial charge on any atom is 0.265 e. The Labute approximate surface area is 128 Å². The third-order valence-corrected chi connectivity index (χ3v) is 3.17. The van der Waals surface area contributed by atoms with Gasteiger partial charge in [0.15, 0.2) is 0 Å². The number of pyridine rings is 1. The van der Waals surface area contributed by atoms with Crippen molar-refractivity contribution >= 4 is 23.2 Å². The minimum atomic E-state index is -0.180. The number of hydrogen-bond donors (Lipinski definition) is 2. The number of hydrogen-bond acceptors (Lipinski definition) is 6. The topological polar surface area (TPSA) is 92.3 Å². The van der Waals surface area contributed by atoms with Crippen LogP contribution >= 0.6 is 23.2 Å². The van der Waals surface area contributed by atoms with Gasteiger partial charge in [0.25, 0.3) is 5.89 Å². The summed E-state index contributed by atoms with van der Waals surface area (Å²) in [6, 6.07) is 5.78. The molecule has 0 atom stereocenters. The zero-order chi connectivity index (χ0) is 15.0. The number of phenolic OH excluding ortho intramolecular Hbond substituents is 2. The summed E-state index contributed by atoms with van der Waals surface area (Å²) < 4.78 is 5.04. The summed E-state index contributed by atoms with van der Waals surface area (Å²) in [6.45, 7) is 0. The number of aromatic hydroxyl groups is 2. The Bertz CT molecular complexity index is 800. The van der Waals surface area contributed by atoms with Crippen LogP contribution in [0.4, 0.5) is 0 Å². The fourth-order valence-corrected chi connectivity index (χ4v) is 2.21. The second-order valence-corrected chi connectivity index (χ2v) is 4.92. The van der Waals surface area contributed by atoms with E-state index in [0.29, 0.717) is 5.02 Å². The maximum absolute atomic E-state index is 9.77. The van der Waals surface area contributed by atoms with Crippen LogP contribution in [-0.4, -0.2) is 25.3 Å². The van der Waals surface area contributed by atoms with Crippen LogP contribution < -0.4 is 0 Å². The quantitative estimate of drug-likeness (QED) is 0.749. The van der Waals surface area contributed by atoms with E-state index in [0.717, 1.165) is 0 Å². The van der Waals surface area contributed by atoms with E-state index < -0.39 is 0 Å². The van der Waals surface area contributed by atoms with Gasteiger partial charge >= 0.3 is 0 Å². The Morgan fingerprint density at radius 3 is 2.48 bits per heavy atom. The van der Waals surface area contributed by atoms with E-state index >= 15 is 0 Å². The maximum atomic E-state index is 9.77. The van der Waals surface area contributed by atoms with E-state index in [-0.39, 0.29) is 39.5 Å². The van der Waals surface area contributed by atoms with Crippen molar-refractivity contribution in [3.8, 4) is 34.5 Å². The third kappa shape index (κ3) is 2.51. The standard InChI is InChI=1S/C13H7Cl2N3O3/c14-6-4-7(15)11(16-5-6)12-17-13(21-18-12)10-8(19)2-1-3-9(10)20/h1-5,19-20H. The molecule has 0 aliphatic rings. The van der Waals surface area contributed by atoms with Crippen molar-refractivity contribution in [2.24, 2.45) is 0 Å². The lowest BCUT2D eigenvalue weighted by atomic mass is 10.2. The molecule has 0 spiro atoms. The molecule has 0 bridgehead atoms. The first-order valence-electron chi connectivity index (χ1n) is 5.72. The van der Waals surface area contributed by atoms with Gasteiger partial charge in [0, 0.05) is 6.20 Å². The molecule has 2 N–H and O–H groups in total. The highest BCUT2D eigenvalue weighted by atomic mass is 35.5. The number of aromatic nitrogens is 3. The van der Waals surface area contributed by atoms with Gasteiger partial charge in [-0.25, -0.2) is 4.98 Å². The molecule has 8 heteroatoms. The average Bonchev–Trinajstić information content (AvgIpc) is 2.87. The highest BCUT2D eigenvalue weighted by molar-refractivity contribution is 6.35. The number of nitrogens with zero attached hydrogens (tertiary/aromatic N) is 3. The highest BCUT2D eigenvalue weighted by Crippen LogP contribution is 2.37. The first-order valence-corrected chi connectivity index (χ1v) is 6.48. The van der Waals surface area contributed by atoms with Crippen LogP contribution in [0.25, 0.3) is 23.0 Å². The molecule has 0 fully saturated rings. The normalized spacial score (nSPS) is 10.8. The molecule has 0 radical (unpaired) electrons. The molecule has 0 aliphatic carbocycles. The second-order valence-electron chi connectivity index (χ2n) is 4.08. The zero-order valence-electron chi connectivity index (χ0n) is 10.3. The van der Waals surface area contributed by atoms with Crippen molar-refractivity contribution in [3.05, 3.63) is 40.5 Å². The largest absolute Gasteiger partial charge is 0.507 e. The molecule has 3 rings (SSSR count). The van der Waals surface area contributed by atoms with E-state index in [1.807, 2.05) is 0 Å². The second kappa shape index (κ2) is 5.23. The minimum Gasteiger partial charge on any atom is -0.507 e. The van der Waals surface area contributed by atoms with Gasteiger partial charge in [-0.05, 0) is 18.2 Å². The Balaban J connectivity index is 2.08. The molecule has 0 unspecified atom stereocenters. The average molecular weight is 324 g/mol. The molecule has 106 valence electrons. The van der Waals surface area contributed by atoms with E-state index in [1.165, 1.54) is 30.5 Å². The van der Waals surface area contributed by atoms with Crippen LogP contribution in [0.15, 0.2) is 35.0 Å². The molecule has 3 aromatic rings. The van der Waals surface area contributed by atoms with Crippen LogP contribution in [0.2, 0.25) is 10.0 Å². The van der Waals surface area contributed by atoms with Crippen LogP contribution in [0.5, 0.6) is 11.5 Å². The van der Waals surface area contributed by atoms with Crippen molar-refractivity contribution in [1.29, 1.82) is 0 Å². The highest BCUT2D eigenvalue weighted by Gasteiger charge is 2.19. The molecule has 21 heavy (non-hydrogen) atoms.